The van der Waals surface area contributed by atoms with Crippen molar-refractivity contribution in [1.82, 2.24) is 10.2 Å². The number of amides is 1. The molecule has 24 heavy (non-hydrogen) atoms. The summed E-state index contributed by atoms with van der Waals surface area (Å²) in [4.78, 5) is 14.8. The van der Waals surface area contributed by atoms with Gasteiger partial charge in [-0.3, -0.25) is 4.79 Å². The zero-order chi connectivity index (χ0) is 17.1. The number of hydrogen-bond acceptors (Lipinski definition) is 4. The summed E-state index contributed by atoms with van der Waals surface area (Å²) in [6, 6.07) is 4.38. The second-order valence-corrected chi connectivity index (χ2v) is 6.92. The molecule has 1 N–H and O–H groups in total. The van der Waals surface area contributed by atoms with Crippen LogP contribution >= 0.6 is 11.6 Å². The number of carbonyl (C=O) groups excluding carboxylic acids is 1. The van der Waals surface area contributed by atoms with Crippen molar-refractivity contribution in [1.29, 1.82) is 0 Å². The Labute approximate surface area is 148 Å². The molecule has 2 saturated heterocycles. The van der Waals surface area contributed by atoms with E-state index in [4.69, 9.17) is 21.1 Å². The summed E-state index contributed by atoms with van der Waals surface area (Å²) in [7, 11) is 1.56. The van der Waals surface area contributed by atoms with Gasteiger partial charge in [0.15, 0.2) is 11.5 Å². The summed E-state index contributed by atoms with van der Waals surface area (Å²) in [5.41, 5.74) is 0.554. The number of nitrogens with one attached hydrogen (secondary N) is 1. The highest BCUT2D eigenvalue weighted by molar-refractivity contribution is 6.32. The van der Waals surface area contributed by atoms with E-state index in [2.05, 4.69) is 5.32 Å². The summed E-state index contributed by atoms with van der Waals surface area (Å²) >= 11 is 6.34. The SMILES string of the molecule is CCCOc1c(Cl)cc(C(=O)N2CCC3CCC(C2)N3)cc1OC. The highest BCUT2D eigenvalue weighted by atomic mass is 35.5. The molecule has 0 aromatic heterocycles. The fourth-order valence-electron chi connectivity index (χ4n) is 3.50. The number of halogens is 1. The summed E-state index contributed by atoms with van der Waals surface area (Å²) in [5.74, 6) is 1.02. The number of benzene rings is 1. The van der Waals surface area contributed by atoms with Crippen LogP contribution in [-0.2, 0) is 0 Å². The van der Waals surface area contributed by atoms with Crippen molar-refractivity contribution in [3.8, 4) is 11.5 Å². The quantitative estimate of drug-likeness (QED) is 0.884. The molecule has 2 aliphatic rings. The Morgan fingerprint density at radius 3 is 2.88 bits per heavy atom. The molecular formula is C18H25ClN2O3. The van der Waals surface area contributed by atoms with E-state index >= 15 is 0 Å². The Hall–Kier alpha value is -1.46. The van der Waals surface area contributed by atoms with Gasteiger partial charge in [0.2, 0.25) is 0 Å². The summed E-state index contributed by atoms with van der Waals surface area (Å²) in [6.07, 6.45) is 4.24. The van der Waals surface area contributed by atoms with Crippen LogP contribution in [0.5, 0.6) is 11.5 Å². The lowest BCUT2D eigenvalue weighted by molar-refractivity contribution is 0.0747. The number of methoxy groups -OCH3 is 1. The molecular weight excluding hydrogens is 328 g/mol. The minimum atomic E-state index is 0.00610. The third-order valence-corrected chi connectivity index (χ3v) is 5.02. The highest BCUT2D eigenvalue weighted by Crippen LogP contribution is 2.37. The van der Waals surface area contributed by atoms with Crippen LogP contribution in [0.1, 0.15) is 43.0 Å². The average Bonchev–Trinajstić information content (AvgIpc) is 2.91. The van der Waals surface area contributed by atoms with Crippen LogP contribution < -0.4 is 14.8 Å². The smallest absolute Gasteiger partial charge is 0.254 e. The summed E-state index contributed by atoms with van der Waals surface area (Å²) in [5, 5.41) is 4.01. The summed E-state index contributed by atoms with van der Waals surface area (Å²) in [6.45, 7) is 4.12. The molecule has 1 aromatic rings. The van der Waals surface area contributed by atoms with E-state index in [9.17, 15) is 4.79 Å². The van der Waals surface area contributed by atoms with Crippen molar-refractivity contribution in [2.75, 3.05) is 26.8 Å². The molecule has 0 radical (unpaired) electrons. The molecule has 2 aliphatic heterocycles. The van der Waals surface area contributed by atoms with E-state index in [1.165, 1.54) is 6.42 Å². The molecule has 2 unspecified atom stereocenters. The van der Waals surface area contributed by atoms with E-state index in [0.717, 1.165) is 32.4 Å². The Bertz CT molecular complexity index is 608. The van der Waals surface area contributed by atoms with Crippen molar-refractivity contribution in [3.05, 3.63) is 22.7 Å². The first-order chi connectivity index (χ1) is 11.6. The summed E-state index contributed by atoms with van der Waals surface area (Å²) < 4.78 is 11.0. The highest BCUT2D eigenvalue weighted by Gasteiger charge is 2.31. The van der Waals surface area contributed by atoms with E-state index in [0.29, 0.717) is 40.8 Å². The molecule has 2 heterocycles. The van der Waals surface area contributed by atoms with Gasteiger partial charge in [-0.15, -0.1) is 0 Å². The number of ether oxygens (including phenoxy) is 2. The molecule has 0 saturated carbocycles. The Balaban J connectivity index is 1.80. The van der Waals surface area contributed by atoms with Gasteiger partial charge >= 0.3 is 0 Å². The molecule has 6 heteroatoms. The number of hydrogen-bond donors (Lipinski definition) is 1. The maximum absolute atomic E-state index is 12.9. The van der Waals surface area contributed by atoms with Crippen LogP contribution in [0.4, 0.5) is 0 Å². The molecule has 5 nitrogen and oxygen atoms in total. The van der Waals surface area contributed by atoms with Gasteiger partial charge in [-0.25, -0.2) is 0 Å². The Kier molecular flexibility index (Phi) is 5.51. The Morgan fingerprint density at radius 2 is 2.12 bits per heavy atom. The van der Waals surface area contributed by atoms with E-state index in [1.54, 1.807) is 19.2 Å². The van der Waals surface area contributed by atoms with Crippen LogP contribution in [0, 0.1) is 0 Å². The topological polar surface area (TPSA) is 50.8 Å². The van der Waals surface area contributed by atoms with Gasteiger partial charge in [0, 0.05) is 30.7 Å². The molecule has 1 aromatic carbocycles. The number of rotatable bonds is 5. The molecule has 2 bridgehead atoms. The molecule has 3 rings (SSSR count). The average molecular weight is 353 g/mol. The van der Waals surface area contributed by atoms with E-state index < -0.39 is 0 Å². The number of carbonyl (C=O) groups is 1. The van der Waals surface area contributed by atoms with Crippen LogP contribution in [0.25, 0.3) is 0 Å². The zero-order valence-corrected chi connectivity index (χ0v) is 15.1. The third kappa shape index (κ3) is 3.62. The van der Waals surface area contributed by atoms with Crippen LogP contribution in [-0.4, -0.2) is 49.7 Å². The predicted octanol–water partition coefficient (Wildman–Crippen LogP) is 3.10. The molecule has 0 aliphatic carbocycles. The zero-order valence-electron chi connectivity index (χ0n) is 14.3. The largest absolute Gasteiger partial charge is 0.493 e. The van der Waals surface area contributed by atoms with Gasteiger partial charge < -0.3 is 19.7 Å². The number of nitrogens with zero attached hydrogens (tertiary/aromatic N) is 1. The third-order valence-electron chi connectivity index (χ3n) is 4.74. The molecule has 132 valence electrons. The van der Waals surface area contributed by atoms with E-state index in [1.807, 2.05) is 11.8 Å². The minimum Gasteiger partial charge on any atom is -0.493 e. The molecule has 2 fully saturated rings. The van der Waals surface area contributed by atoms with Crippen molar-refractivity contribution in [2.45, 2.75) is 44.7 Å². The van der Waals surface area contributed by atoms with E-state index in [-0.39, 0.29) is 5.91 Å². The van der Waals surface area contributed by atoms with Crippen LogP contribution in [0.15, 0.2) is 12.1 Å². The van der Waals surface area contributed by atoms with Gasteiger partial charge in [0.05, 0.1) is 18.7 Å². The van der Waals surface area contributed by atoms with Crippen molar-refractivity contribution in [2.24, 2.45) is 0 Å². The lowest BCUT2D eigenvalue weighted by Gasteiger charge is -2.25. The van der Waals surface area contributed by atoms with Crippen LogP contribution in [0.3, 0.4) is 0 Å². The first kappa shape index (κ1) is 17.4. The Morgan fingerprint density at radius 1 is 1.33 bits per heavy atom. The van der Waals surface area contributed by atoms with Crippen molar-refractivity contribution >= 4 is 17.5 Å². The molecule has 1 amide bonds. The second kappa shape index (κ2) is 7.62. The minimum absolute atomic E-state index is 0.00610. The standard InChI is InChI=1S/C18H25ClN2O3/c1-3-8-24-17-15(19)9-12(10-16(17)23-2)18(22)21-7-6-13-4-5-14(11-21)20-13/h9-10,13-14,20H,3-8,11H2,1-2H3. The maximum atomic E-state index is 12.9. The van der Waals surface area contributed by atoms with Gasteiger partial charge in [0.25, 0.3) is 5.91 Å². The first-order valence-corrected chi connectivity index (χ1v) is 9.05. The van der Waals surface area contributed by atoms with Crippen molar-refractivity contribution in [3.63, 3.8) is 0 Å². The maximum Gasteiger partial charge on any atom is 0.254 e. The lowest BCUT2D eigenvalue weighted by atomic mass is 10.1. The monoisotopic (exact) mass is 352 g/mol. The number of fused-ring (bicyclic) bond motifs is 2. The van der Waals surface area contributed by atoms with Gasteiger partial charge in [-0.05, 0) is 37.8 Å². The first-order valence-electron chi connectivity index (χ1n) is 8.68. The second-order valence-electron chi connectivity index (χ2n) is 6.52. The predicted molar refractivity (Wildman–Crippen MR) is 94.3 cm³/mol. The van der Waals surface area contributed by atoms with Crippen molar-refractivity contribution < 1.29 is 14.3 Å². The van der Waals surface area contributed by atoms with Gasteiger partial charge in [-0.2, -0.15) is 0 Å². The van der Waals surface area contributed by atoms with Gasteiger partial charge in [0.1, 0.15) is 0 Å². The van der Waals surface area contributed by atoms with Gasteiger partial charge in [-0.1, -0.05) is 18.5 Å². The van der Waals surface area contributed by atoms with Crippen LogP contribution in [0.2, 0.25) is 5.02 Å². The number of likely N-dealkylation sites (tertiary alicyclic amines) is 1. The molecule has 0 spiro atoms. The molecule has 2 atom stereocenters. The fourth-order valence-corrected chi connectivity index (χ4v) is 3.76. The fraction of sp³-hybridized carbons (Fsp3) is 0.611. The lowest BCUT2D eigenvalue weighted by Crippen LogP contribution is -2.39. The normalized spacial score (nSPS) is 23.0.